The molecule has 3 heterocycles. The topological polar surface area (TPSA) is 44.3 Å². The second-order valence-corrected chi connectivity index (χ2v) is 4.54. The fourth-order valence-corrected chi connectivity index (χ4v) is 2.21. The summed E-state index contributed by atoms with van der Waals surface area (Å²) in [6.45, 7) is 6.06. The Hall–Kier alpha value is -1.20. The van der Waals surface area contributed by atoms with E-state index in [4.69, 9.17) is 0 Å². The lowest BCUT2D eigenvalue weighted by Crippen LogP contribution is -2.45. The number of piperazine rings is 1. The third kappa shape index (κ3) is 1.76. The van der Waals surface area contributed by atoms with Crippen LogP contribution in [0.25, 0.3) is 0 Å². The van der Waals surface area contributed by atoms with E-state index in [1.54, 1.807) is 0 Å². The molecule has 0 aliphatic carbocycles. The van der Waals surface area contributed by atoms with Crippen LogP contribution in [0, 0.1) is 0 Å². The summed E-state index contributed by atoms with van der Waals surface area (Å²) >= 11 is 0. The quantitative estimate of drug-likeness (QED) is 0.710. The molecule has 0 bridgehead atoms. The summed E-state index contributed by atoms with van der Waals surface area (Å²) in [5, 5.41) is 3.30. The predicted octanol–water partition coefficient (Wildman–Crippen LogP) is -0.168. The molecule has 0 amide bonds. The molecule has 2 aliphatic rings. The number of likely N-dealkylation sites (N-methyl/N-ethyl adjacent to an activating group) is 1. The zero-order valence-corrected chi connectivity index (χ0v) is 9.61. The molecule has 1 N–H and O–H groups in total. The normalized spacial score (nSPS) is 21.2. The zero-order valence-electron chi connectivity index (χ0n) is 9.61. The average Bonchev–Trinajstić information content (AvgIpc) is 2.77. The van der Waals surface area contributed by atoms with E-state index in [0.717, 1.165) is 45.2 Å². The van der Waals surface area contributed by atoms with Gasteiger partial charge in [-0.2, -0.15) is 0 Å². The number of rotatable bonds is 1. The maximum atomic E-state index is 4.64. The molecule has 16 heavy (non-hydrogen) atoms. The highest BCUT2D eigenvalue weighted by atomic mass is 15.3. The van der Waals surface area contributed by atoms with E-state index in [1.807, 2.05) is 6.20 Å². The van der Waals surface area contributed by atoms with Crippen molar-refractivity contribution < 1.29 is 0 Å². The van der Waals surface area contributed by atoms with Crippen molar-refractivity contribution in [1.82, 2.24) is 20.2 Å². The van der Waals surface area contributed by atoms with Gasteiger partial charge in [-0.3, -0.25) is 0 Å². The lowest BCUT2D eigenvalue weighted by atomic mass is 10.3. The van der Waals surface area contributed by atoms with Crippen LogP contribution in [0.4, 0.5) is 5.95 Å². The van der Waals surface area contributed by atoms with Crippen LogP contribution in [0.5, 0.6) is 0 Å². The largest absolute Gasteiger partial charge is 0.338 e. The van der Waals surface area contributed by atoms with Crippen LogP contribution in [-0.2, 0) is 13.1 Å². The van der Waals surface area contributed by atoms with E-state index in [0.29, 0.717) is 0 Å². The van der Waals surface area contributed by atoms with E-state index < -0.39 is 0 Å². The minimum atomic E-state index is 0.887. The van der Waals surface area contributed by atoms with Gasteiger partial charge in [-0.15, -0.1) is 0 Å². The van der Waals surface area contributed by atoms with Crippen molar-refractivity contribution in [2.75, 3.05) is 38.1 Å². The summed E-state index contributed by atoms with van der Waals surface area (Å²) in [5.41, 5.74) is 2.42. The van der Waals surface area contributed by atoms with Crippen molar-refractivity contribution in [1.29, 1.82) is 0 Å². The van der Waals surface area contributed by atoms with Gasteiger partial charge in [0, 0.05) is 51.0 Å². The van der Waals surface area contributed by atoms with Gasteiger partial charge in [0.15, 0.2) is 0 Å². The van der Waals surface area contributed by atoms with Crippen molar-refractivity contribution in [3.05, 3.63) is 17.5 Å². The highest BCUT2D eigenvalue weighted by Gasteiger charge is 2.19. The van der Waals surface area contributed by atoms with Gasteiger partial charge < -0.3 is 15.1 Å². The van der Waals surface area contributed by atoms with E-state index in [-0.39, 0.29) is 0 Å². The van der Waals surface area contributed by atoms with Crippen LogP contribution >= 0.6 is 0 Å². The first-order valence-corrected chi connectivity index (χ1v) is 5.82. The molecule has 5 nitrogen and oxygen atoms in total. The second-order valence-electron chi connectivity index (χ2n) is 4.54. The van der Waals surface area contributed by atoms with Crippen LogP contribution in [0.3, 0.4) is 0 Å². The third-order valence-electron chi connectivity index (χ3n) is 3.34. The fraction of sp³-hybridized carbons (Fsp3) is 0.636. The zero-order chi connectivity index (χ0) is 11.0. The molecule has 86 valence electrons. The Balaban J connectivity index is 1.79. The lowest BCUT2D eigenvalue weighted by Gasteiger charge is -2.32. The van der Waals surface area contributed by atoms with Crippen molar-refractivity contribution in [3.63, 3.8) is 0 Å². The Morgan fingerprint density at radius 1 is 1.19 bits per heavy atom. The fourth-order valence-electron chi connectivity index (χ4n) is 2.21. The molecule has 0 atom stereocenters. The molecule has 1 fully saturated rings. The molecule has 5 heteroatoms. The van der Waals surface area contributed by atoms with Crippen LogP contribution in [0.1, 0.15) is 11.3 Å². The number of aromatic nitrogens is 2. The van der Waals surface area contributed by atoms with Crippen LogP contribution < -0.4 is 10.2 Å². The molecule has 0 aromatic carbocycles. The van der Waals surface area contributed by atoms with Crippen molar-refractivity contribution in [2.24, 2.45) is 0 Å². The molecular formula is C11H17N5. The van der Waals surface area contributed by atoms with Crippen molar-refractivity contribution in [2.45, 2.75) is 13.1 Å². The average molecular weight is 219 g/mol. The van der Waals surface area contributed by atoms with E-state index in [2.05, 4.69) is 32.1 Å². The first kappa shape index (κ1) is 9.99. The standard InChI is InChI=1S/C11H17N5/c1-15-2-4-16(5-3-15)11-13-7-9-6-12-8-10(9)14-11/h7,12H,2-6,8H2,1H3. The minimum Gasteiger partial charge on any atom is -0.338 e. The Labute approximate surface area is 95.5 Å². The Morgan fingerprint density at radius 3 is 2.81 bits per heavy atom. The minimum absolute atomic E-state index is 0.887. The number of hydrogen-bond acceptors (Lipinski definition) is 5. The molecule has 1 aromatic rings. The smallest absolute Gasteiger partial charge is 0.225 e. The van der Waals surface area contributed by atoms with Gasteiger partial charge in [0.25, 0.3) is 0 Å². The molecule has 3 rings (SSSR count). The maximum absolute atomic E-state index is 4.64. The van der Waals surface area contributed by atoms with Gasteiger partial charge in [0.05, 0.1) is 5.69 Å². The summed E-state index contributed by atoms with van der Waals surface area (Å²) in [7, 11) is 2.16. The Kier molecular flexibility index (Phi) is 2.49. The van der Waals surface area contributed by atoms with E-state index >= 15 is 0 Å². The summed E-state index contributed by atoms with van der Waals surface area (Å²) < 4.78 is 0. The molecule has 1 aromatic heterocycles. The van der Waals surface area contributed by atoms with Gasteiger partial charge >= 0.3 is 0 Å². The first-order chi connectivity index (χ1) is 7.83. The molecule has 0 unspecified atom stereocenters. The maximum Gasteiger partial charge on any atom is 0.225 e. The second kappa shape index (κ2) is 3.99. The van der Waals surface area contributed by atoms with Gasteiger partial charge in [0.2, 0.25) is 5.95 Å². The monoisotopic (exact) mass is 219 g/mol. The number of nitrogens with one attached hydrogen (secondary N) is 1. The van der Waals surface area contributed by atoms with Crippen LogP contribution in [0.15, 0.2) is 6.20 Å². The summed E-state index contributed by atoms with van der Waals surface area (Å²) in [6.07, 6.45) is 1.97. The molecule has 0 radical (unpaired) electrons. The number of fused-ring (bicyclic) bond motifs is 1. The van der Waals surface area contributed by atoms with Gasteiger partial charge in [-0.25, -0.2) is 9.97 Å². The van der Waals surface area contributed by atoms with E-state index in [1.165, 1.54) is 11.3 Å². The first-order valence-electron chi connectivity index (χ1n) is 5.82. The molecule has 2 aliphatic heterocycles. The molecule has 0 spiro atoms. The molecule has 0 saturated carbocycles. The number of hydrogen-bond donors (Lipinski definition) is 1. The molecule has 1 saturated heterocycles. The number of nitrogens with zero attached hydrogens (tertiary/aromatic N) is 4. The third-order valence-corrected chi connectivity index (χ3v) is 3.34. The SMILES string of the molecule is CN1CCN(c2ncc3c(n2)CNC3)CC1. The van der Waals surface area contributed by atoms with E-state index in [9.17, 15) is 0 Å². The molecular weight excluding hydrogens is 202 g/mol. The highest BCUT2D eigenvalue weighted by molar-refractivity contribution is 5.35. The summed E-state index contributed by atoms with van der Waals surface area (Å²) in [5.74, 6) is 0.899. The Morgan fingerprint density at radius 2 is 2.00 bits per heavy atom. The predicted molar refractivity (Wildman–Crippen MR) is 62.3 cm³/mol. The van der Waals surface area contributed by atoms with Gasteiger partial charge in [0.1, 0.15) is 0 Å². The lowest BCUT2D eigenvalue weighted by molar-refractivity contribution is 0.311. The van der Waals surface area contributed by atoms with Gasteiger partial charge in [-0.1, -0.05) is 0 Å². The highest BCUT2D eigenvalue weighted by Crippen LogP contribution is 2.16. The van der Waals surface area contributed by atoms with Crippen molar-refractivity contribution >= 4 is 5.95 Å². The summed E-state index contributed by atoms with van der Waals surface area (Å²) in [6, 6.07) is 0. The van der Waals surface area contributed by atoms with Crippen molar-refractivity contribution in [3.8, 4) is 0 Å². The van der Waals surface area contributed by atoms with Crippen LogP contribution in [-0.4, -0.2) is 48.1 Å². The van der Waals surface area contributed by atoms with Crippen LogP contribution in [0.2, 0.25) is 0 Å². The number of anilines is 1. The van der Waals surface area contributed by atoms with Gasteiger partial charge in [-0.05, 0) is 7.05 Å². The summed E-state index contributed by atoms with van der Waals surface area (Å²) in [4.78, 5) is 13.7. The Bertz CT molecular complexity index is 384.